The van der Waals surface area contributed by atoms with Gasteiger partial charge in [0.2, 0.25) is 11.7 Å². The van der Waals surface area contributed by atoms with Crippen LogP contribution in [0, 0.1) is 0 Å². The monoisotopic (exact) mass is 349 g/mol. The Balaban J connectivity index is 1.23. The van der Waals surface area contributed by atoms with Crippen molar-refractivity contribution in [2.75, 3.05) is 13.1 Å². The van der Waals surface area contributed by atoms with Gasteiger partial charge in [0.05, 0.1) is 12.8 Å². The Hall–Kier alpha value is -2.93. The molecule has 7 heteroatoms. The highest BCUT2D eigenvalue weighted by atomic mass is 16.5. The van der Waals surface area contributed by atoms with Crippen LogP contribution >= 0.6 is 0 Å². The number of fused-ring (bicyclic) bond motifs is 1. The number of nitrogens with one attached hydrogen (secondary N) is 1. The Bertz CT molecular complexity index is 996. The van der Waals surface area contributed by atoms with Gasteiger partial charge in [0.25, 0.3) is 0 Å². The van der Waals surface area contributed by atoms with E-state index in [0.29, 0.717) is 29.9 Å². The second-order valence-electron chi connectivity index (χ2n) is 6.68. The van der Waals surface area contributed by atoms with Crippen molar-refractivity contribution in [2.45, 2.75) is 25.3 Å². The second kappa shape index (κ2) is 6.42. The van der Waals surface area contributed by atoms with Crippen LogP contribution in [0.2, 0.25) is 0 Å². The Kier molecular flexibility index (Phi) is 3.79. The van der Waals surface area contributed by atoms with E-state index in [1.54, 1.807) is 6.26 Å². The standard InChI is InChI=1S/C19H19N5O2/c1-3-14-15(11-21-18(14)20-7-1)13-5-8-24(9-6-13)12-17-22-19(23-26-17)16-4-2-10-25-16/h1-4,7,10-11,13H,5-6,8-9,12H2,(H,20,21). The van der Waals surface area contributed by atoms with Crippen LogP contribution in [-0.2, 0) is 6.54 Å². The highest BCUT2D eigenvalue weighted by Crippen LogP contribution is 2.32. The molecule has 1 aliphatic heterocycles. The van der Waals surface area contributed by atoms with Gasteiger partial charge < -0.3 is 13.9 Å². The number of aromatic amines is 1. The maximum absolute atomic E-state index is 5.37. The van der Waals surface area contributed by atoms with Crippen molar-refractivity contribution in [1.82, 2.24) is 25.0 Å². The summed E-state index contributed by atoms with van der Waals surface area (Å²) in [6, 6.07) is 7.79. The average Bonchev–Trinajstić information content (AvgIpc) is 3.43. The minimum Gasteiger partial charge on any atom is -0.461 e. The van der Waals surface area contributed by atoms with Crippen LogP contribution in [-0.4, -0.2) is 38.1 Å². The van der Waals surface area contributed by atoms with E-state index >= 15 is 0 Å². The highest BCUT2D eigenvalue weighted by Gasteiger charge is 2.24. The molecular formula is C19H19N5O2. The van der Waals surface area contributed by atoms with Crippen LogP contribution in [0.3, 0.4) is 0 Å². The molecule has 0 aromatic carbocycles. The van der Waals surface area contributed by atoms with Gasteiger partial charge in [0, 0.05) is 17.8 Å². The Morgan fingerprint density at radius 2 is 2.12 bits per heavy atom. The molecule has 26 heavy (non-hydrogen) atoms. The molecule has 7 nitrogen and oxygen atoms in total. The van der Waals surface area contributed by atoms with Gasteiger partial charge in [-0.25, -0.2) is 4.98 Å². The van der Waals surface area contributed by atoms with Crippen LogP contribution in [0.4, 0.5) is 0 Å². The van der Waals surface area contributed by atoms with Crippen LogP contribution in [0.1, 0.15) is 30.2 Å². The molecule has 0 amide bonds. The molecule has 132 valence electrons. The lowest BCUT2D eigenvalue weighted by Crippen LogP contribution is -2.32. The molecule has 0 bridgehead atoms. The molecule has 1 fully saturated rings. The SMILES string of the molecule is c1coc(-c2noc(CN3CCC(c4c[nH]c5ncccc45)CC3)n2)c1. The van der Waals surface area contributed by atoms with Crippen molar-refractivity contribution >= 4 is 11.0 Å². The first kappa shape index (κ1) is 15.3. The third kappa shape index (κ3) is 2.80. The first-order chi connectivity index (χ1) is 12.9. The van der Waals surface area contributed by atoms with Crippen LogP contribution < -0.4 is 0 Å². The van der Waals surface area contributed by atoms with Crippen molar-refractivity contribution in [2.24, 2.45) is 0 Å². The quantitative estimate of drug-likeness (QED) is 0.606. The maximum Gasteiger partial charge on any atom is 0.241 e. The molecular weight excluding hydrogens is 330 g/mol. The van der Waals surface area contributed by atoms with Crippen molar-refractivity contribution < 1.29 is 8.94 Å². The summed E-state index contributed by atoms with van der Waals surface area (Å²) in [6.45, 7) is 2.70. The van der Waals surface area contributed by atoms with E-state index in [2.05, 4.69) is 37.3 Å². The van der Waals surface area contributed by atoms with E-state index in [0.717, 1.165) is 31.6 Å². The van der Waals surface area contributed by atoms with Gasteiger partial charge >= 0.3 is 0 Å². The summed E-state index contributed by atoms with van der Waals surface area (Å²) in [7, 11) is 0. The summed E-state index contributed by atoms with van der Waals surface area (Å²) < 4.78 is 10.7. The van der Waals surface area contributed by atoms with Crippen molar-refractivity contribution in [3.05, 3.63) is 54.4 Å². The summed E-state index contributed by atoms with van der Waals surface area (Å²) in [4.78, 5) is 14.5. The fourth-order valence-corrected chi connectivity index (χ4v) is 3.73. The number of pyridine rings is 1. The van der Waals surface area contributed by atoms with Crippen LogP contribution in [0.15, 0.2) is 51.9 Å². The second-order valence-corrected chi connectivity index (χ2v) is 6.68. The number of rotatable bonds is 4. The van der Waals surface area contributed by atoms with Crippen LogP contribution in [0.25, 0.3) is 22.6 Å². The van der Waals surface area contributed by atoms with E-state index in [-0.39, 0.29) is 0 Å². The third-order valence-electron chi connectivity index (χ3n) is 5.08. The third-order valence-corrected chi connectivity index (χ3v) is 5.08. The molecule has 0 saturated carbocycles. The highest BCUT2D eigenvalue weighted by molar-refractivity contribution is 5.80. The van der Waals surface area contributed by atoms with Crippen molar-refractivity contribution in [1.29, 1.82) is 0 Å². The lowest BCUT2D eigenvalue weighted by molar-refractivity contribution is 0.181. The first-order valence-corrected chi connectivity index (χ1v) is 8.87. The lowest BCUT2D eigenvalue weighted by atomic mass is 9.89. The predicted molar refractivity (Wildman–Crippen MR) is 95.3 cm³/mol. The van der Waals surface area contributed by atoms with Crippen molar-refractivity contribution in [3.63, 3.8) is 0 Å². The Morgan fingerprint density at radius 1 is 1.19 bits per heavy atom. The summed E-state index contributed by atoms with van der Waals surface area (Å²) in [5.74, 6) is 2.33. The van der Waals surface area contributed by atoms with E-state index < -0.39 is 0 Å². The molecule has 0 unspecified atom stereocenters. The fraction of sp³-hybridized carbons (Fsp3) is 0.316. The predicted octanol–water partition coefficient (Wildman–Crippen LogP) is 3.59. The number of hydrogen-bond donors (Lipinski definition) is 1. The summed E-state index contributed by atoms with van der Waals surface area (Å²) in [6.07, 6.45) is 7.77. The number of likely N-dealkylation sites (tertiary alicyclic amines) is 1. The largest absolute Gasteiger partial charge is 0.461 e. The van der Waals surface area contributed by atoms with E-state index in [1.807, 2.05) is 24.4 Å². The van der Waals surface area contributed by atoms with E-state index in [4.69, 9.17) is 8.94 Å². The molecule has 4 aromatic rings. The number of H-pyrrole nitrogens is 1. The molecule has 5 heterocycles. The normalized spacial score (nSPS) is 16.5. The minimum atomic E-state index is 0.506. The van der Waals surface area contributed by atoms with Crippen LogP contribution in [0.5, 0.6) is 0 Å². The zero-order chi connectivity index (χ0) is 17.3. The number of aromatic nitrogens is 4. The molecule has 1 aliphatic rings. The molecule has 0 aliphatic carbocycles. The van der Waals surface area contributed by atoms with Crippen molar-refractivity contribution in [3.8, 4) is 11.6 Å². The molecule has 0 radical (unpaired) electrons. The molecule has 1 N–H and O–H groups in total. The van der Waals surface area contributed by atoms with Gasteiger partial charge in [-0.05, 0) is 61.7 Å². The van der Waals surface area contributed by atoms with E-state index in [1.165, 1.54) is 10.9 Å². The molecule has 0 spiro atoms. The zero-order valence-electron chi connectivity index (χ0n) is 14.3. The number of hydrogen-bond acceptors (Lipinski definition) is 6. The molecule has 5 rings (SSSR count). The Labute approximate surface area is 150 Å². The fourth-order valence-electron chi connectivity index (χ4n) is 3.73. The number of furan rings is 1. The summed E-state index contributed by atoms with van der Waals surface area (Å²) >= 11 is 0. The van der Waals surface area contributed by atoms with Gasteiger partial charge in [0.1, 0.15) is 5.65 Å². The Morgan fingerprint density at radius 3 is 2.96 bits per heavy atom. The first-order valence-electron chi connectivity index (χ1n) is 8.87. The molecule has 4 aromatic heterocycles. The van der Waals surface area contributed by atoms with Gasteiger partial charge in [0.15, 0.2) is 5.76 Å². The smallest absolute Gasteiger partial charge is 0.241 e. The summed E-state index contributed by atoms with van der Waals surface area (Å²) in [5, 5.41) is 5.24. The summed E-state index contributed by atoms with van der Waals surface area (Å²) in [5.41, 5.74) is 2.35. The average molecular weight is 349 g/mol. The minimum absolute atomic E-state index is 0.506. The van der Waals surface area contributed by atoms with Gasteiger partial charge in [-0.2, -0.15) is 4.98 Å². The molecule has 1 saturated heterocycles. The topological polar surface area (TPSA) is 84.0 Å². The van der Waals surface area contributed by atoms with Gasteiger partial charge in [-0.15, -0.1) is 0 Å². The zero-order valence-corrected chi connectivity index (χ0v) is 14.3. The molecule has 0 atom stereocenters. The van der Waals surface area contributed by atoms with E-state index in [9.17, 15) is 0 Å². The number of nitrogens with zero attached hydrogens (tertiary/aromatic N) is 4. The maximum atomic E-state index is 5.37. The number of piperidine rings is 1. The van der Waals surface area contributed by atoms with Gasteiger partial charge in [-0.1, -0.05) is 5.16 Å². The lowest BCUT2D eigenvalue weighted by Gasteiger charge is -2.30. The van der Waals surface area contributed by atoms with Gasteiger partial charge in [-0.3, -0.25) is 4.90 Å².